The Balaban J connectivity index is 1.42. The number of halogens is 1. The van der Waals surface area contributed by atoms with Crippen LogP contribution in [-0.4, -0.2) is 51.0 Å². The number of likely N-dealkylation sites (tertiary alicyclic amines) is 1. The van der Waals surface area contributed by atoms with Gasteiger partial charge >= 0.3 is 0 Å². The lowest BCUT2D eigenvalue weighted by molar-refractivity contribution is 0.0673. The lowest BCUT2D eigenvalue weighted by atomic mass is 9.97. The molecule has 5 rings (SSSR count). The Morgan fingerprint density at radius 1 is 1.23 bits per heavy atom. The molecular weight excluding hydrogens is 385 g/mol. The summed E-state index contributed by atoms with van der Waals surface area (Å²) in [7, 11) is 0. The molecule has 0 radical (unpaired) electrons. The lowest BCUT2D eigenvalue weighted by Crippen LogP contribution is -2.23. The zero-order valence-corrected chi connectivity index (χ0v) is 17.1. The molecule has 4 heterocycles. The maximum atomic E-state index is 14.1. The third-order valence-corrected chi connectivity index (χ3v) is 6.41. The number of aromatic amines is 1. The van der Waals surface area contributed by atoms with Crippen LogP contribution in [-0.2, 0) is 11.3 Å². The lowest BCUT2D eigenvalue weighted by Gasteiger charge is -2.23. The first-order valence-corrected chi connectivity index (χ1v) is 10.6. The van der Waals surface area contributed by atoms with Crippen molar-refractivity contribution in [3.63, 3.8) is 0 Å². The first kappa shape index (κ1) is 19.4. The van der Waals surface area contributed by atoms with Crippen molar-refractivity contribution >= 4 is 11.0 Å². The molecule has 8 heteroatoms. The van der Waals surface area contributed by atoms with Gasteiger partial charge in [0.15, 0.2) is 5.65 Å². The van der Waals surface area contributed by atoms with E-state index in [9.17, 15) is 9.18 Å². The van der Waals surface area contributed by atoms with Gasteiger partial charge in [0, 0.05) is 44.3 Å². The maximum absolute atomic E-state index is 14.1. The van der Waals surface area contributed by atoms with Gasteiger partial charge < -0.3 is 9.72 Å². The molecule has 7 nitrogen and oxygen atoms in total. The Morgan fingerprint density at radius 3 is 2.83 bits per heavy atom. The molecule has 2 aliphatic heterocycles. The fraction of sp³-hybridized carbons (Fsp3) is 0.500. The van der Waals surface area contributed by atoms with Crippen LogP contribution in [0.25, 0.3) is 11.0 Å². The summed E-state index contributed by atoms with van der Waals surface area (Å²) in [6, 6.07) is 7.10. The Kier molecular flexibility index (Phi) is 5.12. The van der Waals surface area contributed by atoms with Gasteiger partial charge in [-0.2, -0.15) is 5.10 Å². The molecule has 0 spiro atoms. The van der Waals surface area contributed by atoms with E-state index in [1.54, 1.807) is 12.3 Å². The number of hydrogen-bond donors (Lipinski definition) is 1. The van der Waals surface area contributed by atoms with Crippen molar-refractivity contribution in [1.82, 2.24) is 24.6 Å². The highest BCUT2D eigenvalue weighted by Gasteiger charge is 2.33. The summed E-state index contributed by atoms with van der Waals surface area (Å²) >= 11 is 0. The molecule has 0 aliphatic carbocycles. The molecule has 0 saturated carbocycles. The topological polar surface area (TPSA) is 76.0 Å². The van der Waals surface area contributed by atoms with E-state index in [0.717, 1.165) is 25.9 Å². The van der Waals surface area contributed by atoms with Crippen molar-refractivity contribution in [2.75, 3.05) is 26.3 Å². The summed E-state index contributed by atoms with van der Waals surface area (Å²) in [5, 5.41) is 5.00. The first-order valence-electron chi connectivity index (χ1n) is 10.6. The van der Waals surface area contributed by atoms with Gasteiger partial charge in [-0.05, 0) is 24.8 Å². The normalized spacial score (nSPS) is 23.4. The predicted octanol–water partition coefficient (Wildman–Crippen LogP) is 2.85. The third kappa shape index (κ3) is 3.54. The zero-order valence-electron chi connectivity index (χ0n) is 17.1. The molecule has 2 atom stereocenters. The van der Waals surface area contributed by atoms with Crippen molar-refractivity contribution in [3.8, 4) is 0 Å². The quantitative estimate of drug-likeness (QED) is 0.715. The van der Waals surface area contributed by atoms with E-state index in [0.29, 0.717) is 48.1 Å². The third-order valence-electron chi connectivity index (χ3n) is 6.41. The highest BCUT2D eigenvalue weighted by atomic mass is 19.1. The Hall–Kier alpha value is -2.58. The number of nitrogens with zero attached hydrogens (tertiary/aromatic N) is 4. The van der Waals surface area contributed by atoms with Crippen molar-refractivity contribution in [3.05, 3.63) is 58.0 Å². The standard InChI is InChI=1S/C22H26FN5O2/c1-14-11-27(12-15-4-2-3-5-19(15)23)13-18(14)20-25-21-17(22(29)26-20)10-24-28(21)16-6-8-30-9-7-16/h2-5,10,14,16,18H,6-9,11-13H2,1H3,(H,25,26,29)/t14-,18-/m1/s1. The van der Waals surface area contributed by atoms with Crippen LogP contribution in [0.15, 0.2) is 35.3 Å². The summed E-state index contributed by atoms with van der Waals surface area (Å²) in [4.78, 5) is 22.8. The van der Waals surface area contributed by atoms with Gasteiger partial charge in [-0.3, -0.25) is 9.69 Å². The molecule has 1 aromatic carbocycles. The molecule has 2 aromatic heterocycles. The largest absolute Gasteiger partial charge is 0.381 e. The van der Waals surface area contributed by atoms with Gasteiger partial charge in [0.05, 0.1) is 12.2 Å². The average Bonchev–Trinajstić information content (AvgIpc) is 3.34. The fourth-order valence-corrected chi connectivity index (χ4v) is 4.75. The number of H-pyrrole nitrogens is 1. The predicted molar refractivity (Wildman–Crippen MR) is 111 cm³/mol. The zero-order chi connectivity index (χ0) is 20.7. The van der Waals surface area contributed by atoms with E-state index < -0.39 is 0 Å². The minimum atomic E-state index is -0.179. The van der Waals surface area contributed by atoms with E-state index >= 15 is 0 Å². The highest BCUT2D eigenvalue weighted by molar-refractivity contribution is 5.73. The van der Waals surface area contributed by atoms with Gasteiger partial charge in [0.2, 0.25) is 0 Å². The Morgan fingerprint density at radius 2 is 2.03 bits per heavy atom. The SMILES string of the molecule is C[C@@H]1CN(Cc2ccccc2F)C[C@H]1c1nc2c(cnn2C2CCOCC2)c(=O)[nH]1. The molecule has 0 bridgehead atoms. The van der Waals surface area contributed by atoms with Crippen molar-refractivity contribution < 1.29 is 9.13 Å². The van der Waals surface area contributed by atoms with Crippen LogP contribution in [0.3, 0.4) is 0 Å². The average molecular weight is 411 g/mol. The summed E-state index contributed by atoms with van der Waals surface area (Å²) in [6.07, 6.45) is 3.36. The molecule has 0 unspecified atom stereocenters. The number of nitrogens with one attached hydrogen (secondary N) is 1. The molecule has 3 aromatic rings. The first-order chi connectivity index (χ1) is 14.6. The van der Waals surface area contributed by atoms with Gasteiger partial charge in [-0.15, -0.1) is 0 Å². The molecular formula is C22H26FN5O2. The number of hydrogen-bond acceptors (Lipinski definition) is 5. The monoisotopic (exact) mass is 411 g/mol. The number of rotatable bonds is 4. The van der Waals surface area contributed by atoms with Crippen LogP contribution in [0.1, 0.15) is 43.1 Å². The fourth-order valence-electron chi connectivity index (χ4n) is 4.75. The minimum absolute atomic E-state index is 0.0897. The van der Waals surface area contributed by atoms with Crippen molar-refractivity contribution in [2.24, 2.45) is 5.92 Å². The van der Waals surface area contributed by atoms with Gasteiger partial charge in [-0.25, -0.2) is 14.1 Å². The summed E-state index contributed by atoms with van der Waals surface area (Å²) in [5.74, 6) is 0.912. The van der Waals surface area contributed by atoms with E-state index in [-0.39, 0.29) is 23.3 Å². The highest BCUT2D eigenvalue weighted by Crippen LogP contribution is 2.32. The van der Waals surface area contributed by atoms with Gasteiger partial charge in [0.25, 0.3) is 5.56 Å². The van der Waals surface area contributed by atoms with Crippen LogP contribution < -0.4 is 5.56 Å². The van der Waals surface area contributed by atoms with Crippen LogP contribution in [0.2, 0.25) is 0 Å². The molecule has 1 N–H and O–H groups in total. The molecule has 2 fully saturated rings. The number of benzene rings is 1. The van der Waals surface area contributed by atoms with Crippen LogP contribution in [0, 0.1) is 11.7 Å². The minimum Gasteiger partial charge on any atom is -0.381 e. The van der Waals surface area contributed by atoms with Crippen LogP contribution in [0.5, 0.6) is 0 Å². The molecule has 2 saturated heterocycles. The van der Waals surface area contributed by atoms with E-state index in [1.807, 2.05) is 16.8 Å². The van der Waals surface area contributed by atoms with E-state index in [4.69, 9.17) is 9.72 Å². The smallest absolute Gasteiger partial charge is 0.262 e. The molecule has 30 heavy (non-hydrogen) atoms. The number of aromatic nitrogens is 4. The summed E-state index contributed by atoms with van der Waals surface area (Å²) in [6.45, 7) is 5.68. The molecule has 0 amide bonds. The number of ether oxygens (including phenoxy) is 1. The van der Waals surface area contributed by atoms with Gasteiger partial charge in [-0.1, -0.05) is 25.1 Å². The van der Waals surface area contributed by atoms with Gasteiger partial charge in [0.1, 0.15) is 17.0 Å². The molecule has 2 aliphatic rings. The Labute approximate surface area is 173 Å². The maximum Gasteiger partial charge on any atom is 0.262 e. The van der Waals surface area contributed by atoms with E-state index in [2.05, 4.69) is 21.9 Å². The Bertz CT molecular complexity index is 1100. The van der Waals surface area contributed by atoms with Crippen LogP contribution >= 0.6 is 0 Å². The summed E-state index contributed by atoms with van der Waals surface area (Å²) in [5.41, 5.74) is 1.20. The number of fused-ring (bicyclic) bond motifs is 1. The van der Waals surface area contributed by atoms with Crippen molar-refractivity contribution in [2.45, 2.75) is 38.3 Å². The molecule has 158 valence electrons. The second-order valence-corrected chi connectivity index (χ2v) is 8.49. The van der Waals surface area contributed by atoms with E-state index in [1.165, 1.54) is 6.07 Å². The second kappa shape index (κ2) is 7.92. The van der Waals surface area contributed by atoms with Crippen molar-refractivity contribution in [1.29, 1.82) is 0 Å². The van der Waals surface area contributed by atoms with Crippen LogP contribution in [0.4, 0.5) is 4.39 Å². The second-order valence-electron chi connectivity index (χ2n) is 8.49. The summed E-state index contributed by atoms with van der Waals surface area (Å²) < 4.78 is 21.4.